The highest BCUT2D eigenvalue weighted by Gasteiger charge is 2.11. The van der Waals surface area contributed by atoms with E-state index in [0.717, 1.165) is 17.9 Å². The largest absolute Gasteiger partial charge is 0.382 e. The summed E-state index contributed by atoms with van der Waals surface area (Å²) in [6, 6.07) is 0. The maximum Gasteiger partial charge on any atom is 0.184 e. The molecule has 0 spiro atoms. The molecule has 2 N–H and O–H groups in total. The number of nitrogens with zero attached hydrogens (tertiary/aromatic N) is 5. The number of hydrogen-bond acceptors (Lipinski definition) is 4. The van der Waals surface area contributed by atoms with Crippen molar-refractivity contribution in [3.63, 3.8) is 0 Å². The highest BCUT2D eigenvalue weighted by molar-refractivity contribution is 5.57. The summed E-state index contributed by atoms with van der Waals surface area (Å²) in [6.07, 6.45) is 9.77. The second-order valence-electron chi connectivity index (χ2n) is 3.71. The molecule has 0 aliphatic heterocycles. The summed E-state index contributed by atoms with van der Waals surface area (Å²) < 4.78 is 3.77. The van der Waals surface area contributed by atoms with Gasteiger partial charge in [-0.3, -0.25) is 4.57 Å². The first-order chi connectivity index (χ1) is 8.29. The molecule has 0 bridgehead atoms. The Morgan fingerprint density at radius 2 is 2.06 bits per heavy atom. The van der Waals surface area contributed by atoms with E-state index in [0.29, 0.717) is 11.6 Å². The number of anilines is 1. The molecule has 0 unspecified atom stereocenters. The van der Waals surface area contributed by atoms with Crippen molar-refractivity contribution in [1.82, 2.24) is 23.9 Å². The topological polar surface area (TPSA) is 74.0 Å². The van der Waals surface area contributed by atoms with Crippen LogP contribution in [-0.2, 0) is 6.42 Å². The second kappa shape index (κ2) is 3.58. The number of hydrogen-bond donors (Lipinski definition) is 1. The monoisotopic (exact) mass is 228 g/mol. The number of fused-ring (bicyclic) bond motifs is 1. The lowest BCUT2D eigenvalue weighted by atomic mass is 10.4. The Morgan fingerprint density at radius 3 is 2.88 bits per heavy atom. The van der Waals surface area contributed by atoms with E-state index < -0.39 is 0 Å². The fraction of sp³-hybridized carbons (Fsp3) is 0.182. The van der Waals surface area contributed by atoms with Gasteiger partial charge in [0.2, 0.25) is 0 Å². The Labute approximate surface area is 97.8 Å². The SMILES string of the molecule is CCc1nccn1-c1nc(N)cn2ccnc12. The maximum absolute atomic E-state index is 5.79. The first kappa shape index (κ1) is 9.83. The van der Waals surface area contributed by atoms with Crippen molar-refractivity contribution in [1.29, 1.82) is 0 Å². The van der Waals surface area contributed by atoms with Crippen molar-refractivity contribution in [2.24, 2.45) is 0 Å². The van der Waals surface area contributed by atoms with Gasteiger partial charge in [0.1, 0.15) is 11.6 Å². The minimum absolute atomic E-state index is 0.459. The van der Waals surface area contributed by atoms with Crippen LogP contribution in [0.1, 0.15) is 12.7 Å². The Balaban J connectivity index is 2.32. The minimum atomic E-state index is 0.459. The smallest absolute Gasteiger partial charge is 0.184 e. The molecule has 17 heavy (non-hydrogen) atoms. The van der Waals surface area contributed by atoms with Crippen LogP contribution in [0.3, 0.4) is 0 Å². The number of imidazole rings is 2. The summed E-state index contributed by atoms with van der Waals surface area (Å²) in [6.45, 7) is 2.05. The van der Waals surface area contributed by atoms with E-state index in [1.165, 1.54) is 0 Å². The molecule has 6 heteroatoms. The zero-order valence-electron chi connectivity index (χ0n) is 9.41. The van der Waals surface area contributed by atoms with Gasteiger partial charge in [0, 0.05) is 31.2 Å². The molecule has 3 aromatic rings. The Hall–Kier alpha value is -2.37. The van der Waals surface area contributed by atoms with Crippen LogP contribution in [0.2, 0.25) is 0 Å². The Kier molecular flexibility index (Phi) is 2.07. The number of rotatable bonds is 2. The second-order valence-corrected chi connectivity index (χ2v) is 3.71. The molecule has 3 heterocycles. The molecule has 0 radical (unpaired) electrons. The van der Waals surface area contributed by atoms with Crippen molar-refractivity contribution in [3.05, 3.63) is 36.8 Å². The molecule has 0 atom stereocenters. The van der Waals surface area contributed by atoms with Crippen molar-refractivity contribution < 1.29 is 0 Å². The van der Waals surface area contributed by atoms with Crippen LogP contribution >= 0.6 is 0 Å². The Bertz CT molecular complexity index is 665. The average molecular weight is 228 g/mol. The molecular weight excluding hydrogens is 216 g/mol. The molecular formula is C11H12N6. The zero-order chi connectivity index (χ0) is 11.8. The van der Waals surface area contributed by atoms with Gasteiger partial charge in [0.15, 0.2) is 11.5 Å². The lowest BCUT2D eigenvalue weighted by molar-refractivity contribution is 0.864. The van der Waals surface area contributed by atoms with E-state index in [1.54, 1.807) is 18.6 Å². The molecule has 3 rings (SSSR count). The van der Waals surface area contributed by atoms with Gasteiger partial charge < -0.3 is 10.1 Å². The average Bonchev–Trinajstić information content (AvgIpc) is 2.95. The molecule has 0 saturated carbocycles. The quantitative estimate of drug-likeness (QED) is 0.711. The van der Waals surface area contributed by atoms with Gasteiger partial charge in [-0.05, 0) is 0 Å². The van der Waals surface area contributed by atoms with Gasteiger partial charge in [-0.15, -0.1) is 0 Å². The van der Waals surface area contributed by atoms with E-state index in [2.05, 4.69) is 15.0 Å². The van der Waals surface area contributed by atoms with Crippen LogP contribution in [0.4, 0.5) is 5.82 Å². The summed E-state index contributed by atoms with van der Waals surface area (Å²) in [5.41, 5.74) is 6.56. The van der Waals surface area contributed by atoms with Crippen LogP contribution in [0.5, 0.6) is 0 Å². The summed E-state index contributed by atoms with van der Waals surface area (Å²) in [7, 11) is 0. The predicted octanol–water partition coefficient (Wildman–Crippen LogP) is 1.06. The highest BCUT2D eigenvalue weighted by atomic mass is 15.2. The summed E-state index contributed by atoms with van der Waals surface area (Å²) in [5.74, 6) is 2.11. The van der Waals surface area contributed by atoms with Crippen LogP contribution in [0.25, 0.3) is 11.5 Å². The number of nitrogens with two attached hydrogens (primary N) is 1. The zero-order valence-corrected chi connectivity index (χ0v) is 9.41. The number of aryl methyl sites for hydroxylation is 1. The first-order valence-electron chi connectivity index (χ1n) is 5.41. The van der Waals surface area contributed by atoms with Gasteiger partial charge in [-0.2, -0.15) is 0 Å². The van der Waals surface area contributed by atoms with Crippen LogP contribution < -0.4 is 5.73 Å². The lowest BCUT2D eigenvalue weighted by Crippen LogP contribution is -2.06. The fourth-order valence-electron chi connectivity index (χ4n) is 1.88. The molecule has 0 aliphatic rings. The van der Waals surface area contributed by atoms with Crippen molar-refractivity contribution in [2.75, 3.05) is 5.73 Å². The normalized spacial score (nSPS) is 11.1. The first-order valence-corrected chi connectivity index (χ1v) is 5.41. The van der Waals surface area contributed by atoms with Gasteiger partial charge >= 0.3 is 0 Å². The number of nitrogen functional groups attached to an aromatic ring is 1. The van der Waals surface area contributed by atoms with Gasteiger partial charge in [0.05, 0.1) is 6.20 Å². The molecule has 0 amide bonds. The van der Waals surface area contributed by atoms with E-state index in [4.69, 9.17) is 5.73 Å². The van der Waals surface area contributed by atoms with Crippen molar-refractivity contribution >= 4 is 11.5 Å². The van der Waals surface area contributed by atoms with Gasteiger partial charge in [0.25, 0.3) is 0 Å². The van der Waals surface area contributed by atoms with Gasteiger partial charge in [-0.1, -0.05) is 6.92 Å². The molecule has 0 fully saturated rings. The van der Waals surface area contributed by atoms with Crippen LogP contribution in [-0.4, -0.2) is 23.9 Å². The van der Waals surface area contributed by atoms with Crippen molar-refractivity contribution in [2.45, 2.75) is 13.3 Å². The molecule has 3 aromatic heterocycles. The molecule has 0 saturated heterocycles. The summed E-state index contributed by atoms with van der Waals surface area (Å²) in [4.78, 5) is 12.9. The van der Waals surface area contributed by atoms with Crippen LogP contribution in [0, 0.1) is 0 Å². The van der Waals surface area contributed by atoms with E-state index in [-0.39, 0.29) is 0 Å². The summed E-state index contributed by atoms with van der Waals surface area (Å²) >= 11 is 0. The van der Waals surface area contributed by atoms with E-state index >= 15 is 0 Å². The Morgan fingerprint density at radius 1 is 1.24 bits per heavy atom. The minimum Gasteiger partial charge on any atom is -0.382 e. The van der Waals surface area contributed by atoms with Crippen molar-refractivity contribution in [3.8, 4) is 5.82 Å². The molecule has 0 aliphatic carbocycles. The highest BCUT2D eigenvalue weighted by Crippen LogP contribution is 2.16. The number of aromatic nitrogens is 5. The van der Waals surface area contributed by atoms with E-state index in [1.807, 2.05) is 28.3 Å². The third-order valence-electron chi connectivity index (χ3n) is 2.64. The molecule has 6 nitrogen and oxygen atoms in total. The van der Waals surface area contributed by atoms with E-state index in [9.17, 15) is 0 Å². The molecule has 0 aromatic carbocycles. The van der Waals surface area contributed by atoms with Gasteiger partial charge in [-0.25, -0.2) is 15.0 Å². The molecule has 86 valence electrons. The standard InChI is InChI=1S/C11H12N6/c1-2-9-13-4-6-17(9)11-10-14-3-5-16(10)7-8(12)15-11/h3-7H,2,12H2,1H3. The lowest BCUT2D eigenvalue weighted by Gasteiger charge is -2.07. The van der Waals surface area contributed by atoms with Crippen LogP contribution in [0.15, 0.2) is 31.0 Å². The fourth-order valence-corrected chi connectivity index (χ4v) is 1.88. The third-order valence-corrected chi connectivity index (χ3v) is 2.64. The maximum atomic E-state index is 5.79. The third kappa shape index (κ3) is 1.45. The predicted molar refractivity (Wildman–Crippen MR) is 63.9 cm³/mol. The summed E-state index contributed by atoms with van der Waals surface area (Å²) in [5, 5.41) is 0.